The SMILES string of the molecule is CCSc1ccccc1C(=O)N1CC(c2nc(-c3ccc[nH]c3=O)no2)C1. The van der Waals surface area contributed by atoms with Gasteiger partial charge in [0.05, 0.1) is 17.0 Å². The first-order valence-corrected chi connectivity index (χ1v) is 9.68. The van der Waals surface area contributed by atoms with Crippen LogP contribution >= 0.6 is 11.8 Å². The maximum atomic E-state index is 12.8. The molecular formula is C19H18N4O3S. The van der Waals surface area contributed by atoms with Crippen LogP contribution in [0.5, 0.6) is 0 Å². The Labute approximate surface area is 159 Å². The number of rotatable bonds is 5. The number of nitrogens with one attached hydrogen (secondary N) is 1. The fourth-order valence-corrected chi connectivity index (χ4v) is 3.80. The van der Waals surface area contributed by atoms with Gasteiger partial charge in [0.25, 0.3) is 11.5 Å². The largest absolute Gasteiger partial charge is 0.339 e. The molecule has 1 fully saturated rings. The molecule has 1 aromatic carbocycles. The highest BCUT2D eigenvalue weighted by Crippen LogP contribution is 2.30. The monoisotopic (exact) mass is 382 g/mol. The van der Waals surface area contributed by atoms with Gasteiger partial charge in [0.2, 0.25) is 11.7 Å². The first-order valence-electron chi connectivity index (χ1n) is 8.70. The third-order valence-corrected chi connectivity index (χ3v) is 5.39. The second-order valence-electron chi connectivity index (χ2n) is 6.21. The number of hydrogen-bond acceptors (Lipinski definition) is 6. The lowest BCUT2D eigenvalue weighted by Crippen LogP contribution is -2.48. The molecule has 138 valence electrons. The Hall–Kier alpha value is -2.87. The number of thioether (sulfide) groups is 1. The summed E-state index contributed by atoms with van der Waals surface area (Å²) in [6.07, 6.45) is 1.55. The van der Waals surface area contributed by atoms with E-state index in [0.717, 1.165) is 16.2 Å². The number of H-pyrrole nitrogens is 1. The predicted molar refractivity (Wildman–Crippen MR) is 102 cm³/mol. The van der Waals surface area contributed by atoms with Crippen LogP contribution in [0.4, 0.5) is 0 Å². The van der Waals surface area contributed by atoms with E-state index in [0.29, 0.717) is 24.5 Å². The molecular weight excluding hydrogens is 364 g/mol. The van der Waals surface area contributed by atoms with Crippen molar-refractivity contribution in [1.82, 2.24) is 20.0 Å². The number of likely N-dealkylation sites (tertiary alicyclic amines) is 1. The number of aromatic nitrogens is 3. The van der Waals surface area contributed by atoms with Crippen LogP contribution in [0.15, 0.2) is 56.8 Å². The molecule has 2 aromatic heterocycles. The molecule has 0 saturated carbocycles. The van der Waals surface area contributed by atoms with Crippen LogP contribution < -0.4 is 5.56 Å². The van der Waals surface area contributed by atoms with Gasteiger partial charge in [-0.2, -0.15) is 4.98 Å². The van der Waals surface area contributed by atoms with Crippen molar-refractivity contribution in [3.8, 4) is 11.4 Å². The first-order chi connectivity index (χ1) is 13.2. The van der Waals surface area contributed by atoms with Crippen molar-refractivity contribution in [3.63, 3.8) is 0 Å². The van der Waals surface area contributed by atoms with E-state index < -0.39 is 0 Å². The number of nitrogens with zero attached hydrogens (tertiary/aromatic N) is 3. The molecule has 0 spiro atoms. The summed E-state index contributed by atoms with van der Waals surface area (Å²) >= 11 is 1.66. The van der Waals surface area contributed by atoms with Crippen molar-refractivity contribution < 1.29 is 9.32 Å². The summed E-state index contributed by atoms with van der Waals surface area (Å²) in [5.41, 5.74) is 0.829. The smallest absolute Gasteiger partial charge is 0.259 e. The summed E-state index contributed by atoms with van der Waals surface area (Å²) in [6, 6.07) is 11.0. The first kappa shape index (κ1) is 17.5. The van der Waals surface area contributed by atoms with Crippen LogP contribution in [-0.2, 0) is 0 Å². The summed E-state index contributed by atoms with van der Waals surface area (Å²) in [4.78, 5) is 34.3. The number of benzene rings is 1. The fourth-order valence-electron chi connectivity index (χ4n) is 3.00. The molecule has 0 unspecified atom stereocenters. The molecule has 0 radical (unpaired) electrons. The van der Waals surface area contributed by atoms with Crippen LogP contribution in [0.25, 0.3) is 11.4 Å². The maximum absolute atomic E-state index is 12.8. The quantitative estimate of drug-likeness (QED) is 0.682. The van der Waals surface area contributed by atoms with Crippen molar-refractivity contribution in [2.75, 3.05) is 18.8 Å². The molecule has 4 rings (SSSR count). The van der Waals surface area contributed by atoms with E-state index >= 15 is 0 Å². The van der Waals surface area contributed by atoms with Crippen LogP contribution in [0.2, 0.25) is 0 Å². The minimum Gasteiger partial charge on any atom is -0.339 e. The number of hydrogen-bond donors (Lipinski definition) is 1. The highest BCUT2D eigenvalue weighted by Gasteiger charge is 2.36. The van der Waals surface area contributed by atoms with Crippen molar-refractivity contribution in [1.29, 1.82) is 0 Å². The topological polar surface area (TPSA) is 92.1 Å². The summed E-state index contributed by atoms with van der Waals surface area (Å²) in [7, 11) is 0. The highest BCUT2D eigenvalue weighted by molar-refractivity contribution is 7.99. The van der Waals surface area contributed by atoms with Gasteiger partial charge in [-0.15, -0.1) is 11.8 Å². The Morgan fingerprint density at radius 1 is 1.30 bits per heavy atom. The van der Waals surface area contributed by atoms with E-state index in [9.17, 15) is 9.59 Å². The number of pyridine rings is 1. The zero-order valence-corrected chi connectivity index (χ0v) is 15.5. The van der Waals surface area contributed by atoms with E-state index in [1.807, 2.05) is 24.3 Å². The van der Waals surface area contributed by atoms with Gasteiger partial charge in [0.1, 0.15) is 0 Å². The lowest BCUT2D eigenvalue weighted by Gasteiger charge is -2.37. The Bertz CT molecular complexity index is 1020. The molecule has 3 aromatic rings. The Morgan fingerprint density at radius 3 is 2.89 bits per heavy atom. The normalized spacial score (nSPS) is 14.2. The second kappa shape index (κ2) is 7.40. The average molecular weight is 382 g/mol. The van der Waals surface area contributed by atoms with Gasteiger partial charge in [-0.25, -0.2) is 0 Å². The molecule has 3 heterocycles. The molecule has 27 heavy (non-hydrogen) atoms. The van der Waals surface area contributed by atoms with E-state index in [-0.39, 0.29) is 23.2 Å². The summed E-state index contributed by atoms with van der Waals surface area (Å²) in [5, 5.41) is 3.90. The third-order valence-electron chi connectivity index (χ3n) is 4.44. The molecule has 7 nitrogen and oxygen atoms in total. The maximum Gasteiger partial charge on any atom is 0.259 e. The zero-order chi connectivity index (χ0) is 18.8. The molecule has 1 saturated heterocycles. The van der Waals surface area contributed by atoms with Gasteiger partial charge < -0.3 is 14.4 Å². The standard InChI is InChI=1S/C19H18N4O3S/c1-2-27-15-8-4-3-6-13(15)19(25)23-10-12(11-23)18-21-16(22-26-18)14-7-5-9-20-17(14)24/h3-9,12H,2,10-11H2,1H3,(H,20,24). The van der Waals surface area contributed by atoms with Gasteiger partial charge in [-0.1, -0.05) is 24.2 Å². The van der Waals surface area contributed by atoms with Crippen molar-refractivity contribution in [3.05, 3.63) is 64.4 Å². The number of carbonyl (C=O) groups excluding carboxylic acids is 1. The van der Waals surface area contributed by atoms with Crippen LogP contribution in [0.1, 0.15) is 29.1 Å². The van der Waals surface area contributed by atoms with Crippen LogP contribution in [0.3, 0.4) is 0 Å². The summed E-state index contributed by atoms with van der Waals surface area (Å²) < 4.78 is 5.32. The molecule has 1 N–H and O–H groups in total. The van der Waals surface area contributed by atoms with Crippen LogP contribution in [0, 0.1) is 0 Å². The number of amides is 1. The van der Waals surface area contributed by atoms with Gasteiger partial charge >= 0.3 is 0 Å². The van der Waals surface area contributed by atoms with Crippen molar-refractivity contribution >= 4 is 17.7 Å². The Kier molecular flexibility index (Phi) is 4.81. The van der Waals surface area contributed by atoms with Crippen LogP contribution in [-0.4, -0.2) is 44.8 Å². The van der Waals surface area contributed by atoms with E-state index in [1.54, 1.807) is 35.0 Å². The number of carbonyl (C=O) groups is 1. The summed E-state index contributed by atoms with van der Waals surface area (Å²) in [6.45, 7) is 3.12. The van der Waals surface area contributed by atoms with E-state index in [1.165, 1.54) is 0 Å². The zero-order valence-electron chi connectivity index (χ0n) is 14.7. The molecule has 0 aliphatic carbocycles. The van der Waals surface area contributed by atoms with Gasteiger partial charge in [-0.05, 0) is 30.0 Å². The average Bonchev–Trinajstić information content (AvgIpc) is 3.11. The predicted octanol–water partition coefficient (Wildman–Crippen LogP) is 2.78. The van der Waals surface area contributed by atoms with Gasteiger partial charge in [0.15, 0.2) is 0 Å². The Morgan fingerprint density at radius 2 is 2.11 bits per heavy atom. The van der Waals surface area contributed by atoms with Crippen molar-refractivity contribution in [2.24, 2.45) is 0 Å². The molecule has 8 heteroatoms. The highest BCUT2D eigenvalue weighted by atomic mass is 32.2. The molecule has 0 atom stereocenters. The minimum atomic E-state index is -0.264. The molecule has 1 aliphatic rings. The van der Waals surface area contributed by atoms with E-state index in [2.05, 4.69) is 22.0 Å². The molecule has 1 amide bonds. The van der Waals surface area contributed by atoms with Crippen molar-refractivity contribution in [2.45, 2.75) is 17.7 Å². The fraction of sp³-hybridized carbons (Fsp3) is 0.263. The Balaban J connectivity index is 1.45. The lowest BCUT2D eigenvalue weighted by atomic mass is 9.98. The number of aromatic amines is 1. The van der Waals surface area contributed by atoms with E-state index in [4.69, 9.17) is 4.52 Å². The lowest BCUT2D eigenvalue weighted by molar-refractivity contribution is 0.0565. The molecule has 0 bridgehead atoms. The van der Waals surface area contributed by atoms with Gasteiger partial charge in [0, 0.05) is 24.2 Å². The molecule has 1 aliphatic heterocycles. The minimum absolute atomic E-state index is 0.0102. The second-order valence-corrected chi connectivity index (χ2v) is 7.51. The van der Waals surface area contributed by atoms with Gasteiger partial charge in [-0.3, -0.25) is 9.59 Å². The third kappa shape index (κ3) is 3.40. The summed E-state index contributed by atoms with van der Waals surface area (Å²) in [5.74, 6) is 1.64.